The van der Waals surface area contributed by atoms with Crippen LogP contribution in [-0.2, 0) is 19.6 Å². The van der Waals surface area contributed by atoms with Crippen LogP contribution in [0.3, 0.4) is 0 Å². The summed E-state index contributed by atoms with van der Waals surface area (Å²) in [5.41, 5.74) is 1.08. The van der Waals surface area contributed by atoms with E-state index in [-0.39, 0.29) is 22.2 Å². The Bertz CT molecular complexity index is 1230. The van der Waals surface area contributed by atoms with Crippen LogP contribution < -0.4 is 4.72 Å². The quantitative estimate of drug-likeness (QED) is 0.503. The highest BCUT2D eigenvalue weighted by atomic mass is 32.2. The van der Waals surface area contributed by atoms with Gasteiger partial charge in [-0.2, -0.15) is 0 Å². The molecule has 0 aliphatic rings. The second-order valence-electron chi connectivity index (χ2n) is 7.31. The first-order chi connectivity index (χ1) is 15.7. The molecule has 0 fully saturated rings. The highest BCUT2D eigenvalue weighted by Crippen LogP contribution is 2.20. The molecular weight excluding hydrogens is 447 g/mol. The van der Waals surface area contributed by atoms with Crippen molar-refractivity contribution >= 4 is 27.6 Å². The van der Waals surface area contributed by atoms with Crippen molar-refractivity contribution < 1.29 is 27.1 Å². The fourth-order valence-corrected chi connectivity index (χ4v) is 4.11. The number of hydrogen-bond donors (Lipinski definition) is 1. The van der Waals surface area contributed by atoms with E-state index in [1.54, 1.807) is 7.05 Å². The molecule has 0 spiro atoms. The molecule has 1 unspecified atom stereocenters. The fourth-order valence-electron chi connectivity index (χ4n) is 3.01. The van der Waals surface area contributed by atoms with E-state index in [1.165, 1.54) is 35.2 Å². The van der Waals surface area contributed by atoms with Gasteiger partial charge in [-0.1, -0.05) is 36.4 Å². The largest absolute Gasteiger partial charge is 0.452 e. The minimum absolute atomic E-state index is 0.0245. The van der Waals surface area contributed by atoms with Gasteiger partial charge >= 0.3 is 5.97 Å². The Hall–Kier alpha value is -3.72. The topological polar surface area (TPSA) is 92.8 Å². The maximum absolute atomic E-state index is 13.0. The van der Waals surface area contributed by atoms with Crippen LogP contribution in [0.4, 0.5) is 10.1 Å². The standard InChI is InChI=1S/C24H23FN2O5S/c1-17(18-7-4-3-5-8-18)27(2)23(28)16-32-24(29)19-9-6-10-22(15-19)33(30,31)26-21-13-11-20(25)12-14-21/h3-15,17,26H,16H2,1-2H3. The minimum Gasteiger partial charge on any atom is -0.452 e. The van der Waals surface area contributed by atoms with Crippen molar-refractivity contribution in [2.45, 2.75) is 17.9 Å². The lowest BCUT2D eigenvalue weighted by molar-refractivity contribution is -0.135. The SMILES string of the molecule is CC(c1ccccc1)N(C)C(=O)COC(=O)c1cccc(S(=O)(=O)Nc2ccc(F)cc2)c1. The molecule has 33 heavy (non-hydrogen) atoms. The van der Waals surface area contributed by atoms with Crippen molar-refractivity contribution in [1.29, 1.82) is 0 Å². The van der Waals surface area contributed by atoms with Gasteiger partial charge in [-0.25, -0.2) is 17.6 Å². The van der Waals surface area contributed by atoms with Crippen molar-refractivity contribution in [2.24, 2.45) is 0 Å². The third-order valence-corrected chi connectivity index (χ3v) is 6.44. The second kappa shape index (κ2) is 10.3. The van der Waals surface area contributed by atoms with Crippen molar-refractivity contribution in [3.05, 3.63) is 95.8 Å². The van der Waals surface area contributed by atoms with Gasteiger partial charge in [0.1, 0.15) is 5.82 Å². The lowest BCUT2D eigenvalue weighted by atomic mass is 10.1. The van der Waals surface area contributed by atoms with Crippen molar-refractivity contribution in [3.63, 3.8) is 0 Å². The Morgan fingerprint density at radius 1 is 1.00 bits per heavy atom. The molecule has 0 bridgehead atoms. The molecule has 172 valence electrons. The molecule has 3 aromatic carbocycles. The van der Waals surface area contributed by atoms with Gasteiger partial charge in [0.05, 0.1) is 16.5 Å². The highest BCUT2D eigenvalue weighted by molar-refractivity contribution is 7.92. The summed E-state index contributed by atoms with van der Waals surface area (Å²) in [6.45, 7) is 1.37. The number of nitrogens with zero attached hydrogens (tertiary/aromatic N) is 1. The molecule has 0 heterocycles. The first-order valence-corrected chi connectivity index (χ1v) is 11.5. The summed E-state index contributed by atoms with van der Waals surface area (Å²) < 4.78 is 45.7. The van der Waals surface area contributed by atoms with E-state index in [4.69, 9.17) is 4.74 Å². The highest BCUT2D eigenvalue weighted by Gasteiger charge is 2.21. The van der Waals surface area contributed by atoms with E-state index < -0.39 is 34.3 Å². The van der Waals surface area contributed by atoms with Gasteiger partial charge < -0.3 is 9.64 Å². The number of ether oxygens (including phenoxy) is 1. The molecule has 7 nitrogen and oxygen atoms in total. The Labute approximate surface area is 191 Å². The molecule has 3 aromatic rings. The summed E-state index contributed by atoms with van der Waals surface area (Å²) in [7, 11) is -2.41. The maximum atomic E-state index is 13.0. The number of rotatable bonds is 8. The second-order valence-corrected chi connectivity index (χ2v) is 8.99. The summed E-state index contributed by atoms with van der Waals surface area (Å²) in [6, 6.07) is 19.2. The maximum Gasteiger partial charge on any atom is 0.338 e. The lowest BCUT2D eigenvalue weighted by Crippen LogP contribution is -2.33. The number of amides is 1. The molecule has 3 rings (SSSR count). The Balaban J connectivity index is 1.64. The molecule has 1 amide bonds. The summed E-state index contributed by atoms with van der Waals surface area (Å²) in [4.78, 5) is 26.2. The van der Waals surface area contributed by atoms with E-state index in [2.05, 4.69) is 4.72 Å². The normalized spacial score (nSPS) is 12.0. The van der Waals surface area contributed by atoms with Crippen LogP contribution in [0.15, 0.2) is 83.8 Å². The van der Waals surface area contributed by atoms with Crippen LogP contribution in [0.2, 0.25) is 0 Å². The number of halogens is 1. The Kier molecular flexibility index (Phi) is 7.44. The Morgan fingerprint density at radius 3 is 2.33 bits per heavy atom. The number of nitrogens with one attached hydrogen (secondary N) is 1. The van der Waals surface area contributed by atoms with E-state index in [0.717, 1.165) is 23.8 Å². The number of esters is 1. The molecule has 0 radical (unpaired) electrons. The fraction of sp³-hybridized carbons (Fsp3) is 0.167. The number of carbonyl (C=O) groups is 2. The molecule has 0 aliphatic carbocycles. The predicted molar refractivity (Wildman–Crippen MR) is 122 cm³/mol. The summed E-state index contributed by atoms with van der Waals surface area (Å²) in [5, 5.41) is 0. The zero-order chi connectivity index (χ0) is 24.0. The van der Waals surface area contributed by atoms with Crippen LogP contribution in [0.25, 0.3) is 0 Å². The summed E-state index contributed by atoms with van der Waals surface area (Å²) in [6.07, 6.45) is 0. The molecule has 0 aromatic heterocycles. The molecule has 0 aliphatic heterocycles. The van der Waals surface area contributed by atoms with E-state index in [0.29, 0.717) is 0 Å². The van der Waals surface area contributed by atoms with Crippen LogP contribution in [0.5, 0.6) is 0 Å². The van der Waals surface area contributed by atoms with Crippen molar-refractivity contribution in [1.82, 2.24) is 4.90 Å². The molecule has 0 saturated heterocycles. The number of anilines is 1. The van der Waals surface area contributed by atoms with Gasteiger partial charge in [0.15, 0.2) is 6.61 Å². The van der Waals surface area contributed by atoms with Gasteiger partial charge in [-0.05, 0) is 55.0 Å². The lowest BCUT2D eigenvalue weighted by Gasteiger charge is -2.25. The Morgan fingerprint density at radius 2 is 1.67 bits per heavy atom. The van der Waals surface area contributed by atoms with E-state index in [1.807, 2.05) is 37.3 Å². The molecular formula is C24H23FN2O5S. The van der Waals surface area contributed by atoms with E-state index in [9.17, 15) is 22.4 Å². The zero-order valence-corrected chi connectivity index (χ0v) is 18.9. The minimum atomic E-state index is -4.02. The zero-order valence-electron chi connectivity index (χ0n) is 18.1. The number of benzene rings is 3. The number of sulfonamides is 1. The molecule has 9 heteroatoms. The van der Waals surface area contributed by atoms with Crippen molar-refractivity contribution in [2.75, 3.05) is 18.4 Å². The van der Waals surface area contributed by atoms with E-state index >= 15 is 0 Å². The predicted octanol–water partition coefficient (Wildman–Crippen LogP) is 4.00. The first-order valence-electron chi connectivity index (χ1n) is 10.0. The van der Waals surface area contributed by atoms with Crippen LogP contribution >= 0.6 is 0 Å². The van der Waals surface area contributed by atoms with Crippen LogP contribution in [-0.4, -0.2) is 38.8 Å². The number of carbonyl (C=O) groups excluding carboxylic acids is 2. The van der Waals surface area contributed by atoms with Gasteiger partial charge in [-0.3, -0.25) is 9.52 Å². The first kappa shape index (κ1) is 23.9. The third-order valence-electron chi connectivity index (χ3n) is 5.06. The van der Waals surface area contributed by atoms with Gasteiger partial charge in [-0.15, -0.1) is 0 Å². The van der Waals surface area contributed by atoms with Gasteiger partial charge in [0.2, 0.25) is 0 Å². The average Bonchev–Trinajstić information content (AvgIpc) is 2.83. The monoisotopic (exact) mass is 470 g/mol. The average molecular weight is 471 g/mol. The molecule has 0 saturated carbocycles. The third kappa shape index (κ3) is 6.17. The molecule has 1 N–H and O–H groups in total. The van der Waals surface area contributed by atoms with Gasteiger partial charge in [0.25, 0.3) is 15.9 Å². The summed E-state index contributed by atoms with van der Waals surface area (Å²) in [5.74, 6) is -1.73. The number of hydrogen-bond acceptors (Lipinski definition) is 5. The van der Waals surface area contributed by atoms with Crippen LogP contribution in [0.1, 0.15) is 28.9 Å². The van der Waals surface area contributed by atoms with Crippen LogP contribution in [0, 0.1) is 5.82 Å². The van der Waals surface area contributed by atoms with Crippen molar-refractivity contribution in [3.8, 4) is 0 Å². The summed E-state index contributed by atoms with van der Waals surface area (Å²) >= 11 is 0. The smallest absolute Gasteiger partial charge is 0.338 e. The van der Waals surface area contributed by atoms with Gasteiger partial charge in [0, 0.05) is 12.7 Å². The number of likely N-dealkylation sites (N-methyl/N-ethyl adjacent to an activating group) is 1. The molecule has 1 atom stereocenters.